The monoisotopic (exact) mass is 471 g/mol. The number of carboxylic acids is 1. The molecular weight excluding hydrogens is 442 g/mol. The molecule has 0 unspecified atom stereocenters. The van der Waals surface area contributed by atoms with Gasteiger partial charge >= 0.3 is 5.97 Å². The van der Waals surface area contributed by atoms with Crippen molar-refractivity contribution in [1.82, 2.24) is 0 Å². The van der Waals surface area contributed by atoms with Gasteiger partial charge in [0.05, 0.1) is 26.4 Å². The van der Waals surface area contributed by atoms with Crippen molar-refractivity contribution < 1.29 is 19.4 Å². The van der Waals surface area contributed by atoms with Gasteiger partial charge in [0, 0.05) is 37.6 Å². The van der Waals surface area contributed by atoms with E-state index in [9.17, 15) is 4.79 Å². The van der Waals surface area contributed by atoms with E-state index in [2.05, 4.69) is 58.3 Å². The molecule has 0 saturated carbocycles. The molecule has 2 fully saturated rings. The first-order valence-electron chi connectivity index (χ1n) is 11.7. The van der Waals surface area contributed by atoms with Crippen LogP contribution in [0, 0.1) is 11.3 Å². The molecule has 2 heterocycles. The summed E-state index contributed by atoms with van der Waals surface area (Å²) in [6.45, 7) is 6.47. The zero-order chi connectivity index (χ0) is 24.5. The largest absolute Gasteiger partial charge is 0.477 e. The van der Waals surface area contributed by atoms with Crippen LogP contribution in [0.1, 0.15) is 11.1 Å². The van der Waals surface area contributed by atoms with Gasteiger partial charge in [0.2, 0.25) is 0 Å². The third-order valence-electron chi connectivity index (χ3n) is 6.10. The molecule has 0 amide bonds. The fraction of sp³-hybridized carbons (Fsp3) is 0.286. The number of ether oxygens (including phenoxy) is 2. The Balaban J connectivity index is 1.61. The number of hydrogen-bond acceptors (Lipinski definition) is 6. The topological polar surface area (TPSA) is 86.0 Å². The third-order valence-corrected chi connectivity index (χ3v) is 6.10. The molecule has 2 saturated heterocycles. The summed E-state index contributed by atoms with van der Waals surface area (Å²) in [4.78, 5) is 15.7. The summed E-state index contributed by atoms with van der Waals surface area (Å²) in [5.74, 6) is -1.24. The van der Waals surface area contributed by atoms with Crippen molar-refractivity contribution in [2.75, 3.05) is 62.4 Å². The molecule has 7 nitrogen and oxygen atoms in total. The summed E-state index contributed by atoms with van der Waals surface area (Å²) in [5.41, 5.74) is 5.13. The van der Waals surface area contributed by atoms with Crippen molar-refractivity contribution in [2.45, 2.75) is 0 Å². The molecule has 2 aliphatic heterocycles. The molecule has 4 rings (SSSR count). The lowest BCUT2D eigenvalue weighted by atomic mass is 9.96. The highest BCUT2D eigenvalue weighted by Crippen LogP contribution is 2.28. The minimum Gasteiger partial charge on any atom is -0.477 e. The number of benzene rings is 2. The lowest BCUT2D eigenvalue weighted by Gasteiger charge is -2.29. The van der Waals surface area contributed by atoms with Crippen LogP contribution in [-0.2, 0) is 14.3 Å². The Hall–Kier alpha value is -3.86. The predicted octanol–water partition coefficient (Wildman–Crippen LogP) is 3.88. The Labute approximate surface area is 205 Å². The Morgan fingerprint density at radius 1 is 0.771 bits per heavy atom. The van der Waals surface area contributed by atoms with E-state index in [1.807, 2.05) is 6.08 Å². The maximum atomic E-state index is 11.1. The summed E-state index contributed by atoms with van der Waals surface area (Å²) in [6, 6.07) is 18.6. The van der Waals surface area contributed by atoms with Crippen LogP contribution in [0.15, 0.2) is 78.4 Å². The van der Waals surface area contributed by atoms with Crippen molar-refractivity contribution in [3.63, 3.8) is 0 Å². The number of carbonyl (C=O) groups is 1. The van der Waals surface area contributed by atoms with E-state index < -0.39 is 5.97 Å². The minimum atomic E-state index is -1.24. The molecule has 0 aliphatic carbocycles. The van der Waals surface area contributed by atoms with Gasteiger partial charge in [-0.05, 0) is 47.0 Å². The number of morpholine rings is 2. The highest BCUT2D eigenvalue weighted by atomic mass is 16.5. The maximum absolute atomic E-state index is 11.1. The minimum absolute atomic E-state index is 0.305. The SMILES string of the molecule is N#C/C(=C\C=C\C=C(c1ccc(N2CCOCC2)cc1)c1ccc(N2CCOCC2)cc1)C(=O)O. The summed E-state index contributed by atoms with van der Waals surface area (Å²) >= 11 is 0. The second kappa shape index (κ2) is 12.0. The molecule has 180 valence electrons. The van der Waals surface area contributed by atoms with Crippen LogP contribution in [0.5, 0.6) is 0 Å². The van der Waals surface area contributed by atoms with E-state index in [1.54, 1.807) is 18.2 Å². The molecule has 0 atom stereocenters. The maximum Gasteiger partial charge on any atom is 0.346 e. The van der Waals surface area contributed by atoms with Gasteiger partial charge in [-0.15, -0.1) is 0 Å². The molecular formula is C28H29N3O4. The van der Waals surface area contributed by atoms with Gasteiger partial charge < -0.3 is 24.4 Å². The van der Waals surface area contributed by atoms with Crippen molar-refractivity contribution in [3.05, 3.63) is 89.5 Å². The van der Waals surface area contributed by atoms with Gasteiger partial charge in [0.15, 0.2) is 0 Å². The quantitative estimate of drug-likeness (QED) is 0.373. The molecule has 0 radical (unpaired) electrons. The molecule has 7 heteroatoms. The van der Waals surface area contributed by atoms with Crippen LogP contribution in [0.3, 0.4) is 0 Å². The average Bonchev–Trinajstić information content (AvgIpc) is 2.92. The van der Waals surface area contributed by atoms with E-state index in [-0.39, 0.29) is 5.57 Å². The Kier molecular flexibility index (Phi) is 8.34. The number of allylic oxidation sites excluding steroid dienone is 4. The lowest BCUT2D eigenvalue weighted by molar-refractivity contribution is -0.132. The fourth-order valence-electron chi connectivity index (χ4n) is 4.17. The highest BCUT2D eigenvalue weighted by Gasteiger charge is 2.14. The number of rotatable bonds is 7. The number of nitrogens with zero attached hydrogens (tertiary/aromatic N) is 3. The number of anilines is 2. The molecule has 2 aromatic rings. The Morgan fingerprint density at radius 2 is 1.20 bits per heavy atom. The van der Waals surface area contributed by atoms with Crippen LogP contribution in [0.25, 0.3) is 5.57 Å². The smallest absolute Gasteiger partial charge is 0.346 e. The van der Waals surface area contributed by atoms with E-state index in [4.69, 9.17) is 19.8 Å². The first kappa shape index (κ1) is 24.3. The first-order valence-corrected chi connectivity index (χ1v) is 11.7. The van der Waals surface area contributed by atoms with Crippen molar-refractivity contribution in [3.8, 4) is 6.07 Å². The summed E-state index contributed by atoms with van der Waals surface area (Å²) in [6.07, 6.45) is 6.60. The summed E-state index contributed by atoms with van der Waals surface area (Å²) in [7, 11) is 0. The molecule has 2 aromatic carbocycles. The van der Waals surface area contributed by atoms with Crippen LogP contribution >= 0.6 is 0 Å². The van der Waals surface area contributed by atoms with Crippen molar-refractivity contribution in [1.29, 1.82) is 5.26 Å². The summed E-state index contributed by atoms with van der Waals surface area (Å²) in [5, 5.41) is 18.0. The predicted molar refractivity (Wildman–Crippen MR) is 136 cm³/mol. The second-order valence-electron chi connectivity index (χ2n) is 8.26. The number of aliphatic carboxylic acids is 1. The van der Waals surface area contributed by atoms with Crippen LogP contribution in [-0.4, -0.2) is 63.7 Å². The Morgan fingerprint density at radius 3 is 1.60 bits per heavy atom. The zero-order valence-electron chi connectivity index (χ0n) is 19.6. The lowest BCUT2D eigenvalue weighted by Crippen LogP contribution is -2.36. The molecule has 0 aromatic heterocycles. The normalized spacial score (nSPS) is 16.7. The molecule has 0 spiro atoms. The molecule has 0 bridgehead atoms. The van der Waals surface area contributed by atoms with Crippen LogP contribution in [0.4, 0.5) is 11.4 Å². The van der Waals surface area contributed by atoms with E-state index in [0.29, 0.717) is 0 Å². The molecule has 35 heavy (non-hydrogen) atoms. The second-order valence-corrected chi connectivity index (χ2v) is 8.26. The van der Waals surface area contributed by atoms with Gasteiger partial charge in [-0.3, -0.25) is 0 Å². The highest BCUT2D eigenvalue weighted by molar-refractivity contribution is 5.91. The zero-order valence-corrected chi connectivity index (χ0v) is 19.6. The first-order chi connectivity index (χ1) is 17.2. The van der Waals surface area contributed by atoms with E-state index >= 15 is 0 Å². The van der Waals surface area contributed by atoms with E-state index in [0.717, 1.165) is 80.7 Å². The van der Waals surface area contributed by atoms with Gasteiger partial charge in [0.1, 0.15) is 11.6 Å². The Bertz CT molecular complexity index is 1070. The number of carboxylic acid groups (broad SMARTS) is 1. The van der Waals surface area contributed by atoms with Gasteiger partial charge in [-0.2, -0.15) is 5.26 Å². The van der Waals surface area contributed by atoms with Crippen molar-refractivity contribution >= 4 is 22.9 Å². The molecule has 1 N–H and O–H groups in total. The van der Waals surface area contributed by atoms with Gasteiger partial charge in [0.25, 0.3) is 0 Å². The molecule has 2 aliphatic rings. The van der Waals surface area contributed by atoms with Gasteiger partial charge in [-0.1, -0.05) is 42.5 Å². The van der Waals surface area contributed by atoms with Crippen LogP contribution in [0.2, 0.25) is 0 Å². The van der Waals surface area contributed by atoms with Crippen LogP contribution < -0.4 is 9.80 Å². The van der Waals surface area contributed by atoms with Crippen molar-refractivity contribution in [2.24, 2.45) is 0 Å². The average molecular weight is 472 g/mol. The third kappa shape index (κ3) is 6.38. The fourth-order valence-corrected chi connectivity index (χ4v) is 4.17. The van der Waals surface area contributed by atoms with Gasteiger partial charge in [-0.25, -0.2) is 4.79 Å². The number of nitriles is 1. The number of hydrogen-bond donors (Lipinski definition) is 1. The summed E-state index contributed by atoms with van der Waals surface area (Å²) < 4.78 is 10.9. The standard InChI is InChI=1S/C28H29N3O4/c29-21-24(28(32)33)3-1-2-4-27(22-5-9-25(10-6-22)30-13-17-34-18-14-30)23-7-11-26(12-8-23)31-15-19-35-20-16-31/h1-12H,13-20H2,(H,32,33)/b2-1+,24-3+. The van der Waals surface area contributed by atoms with E-state index in [1.165, 1.54) is 6.08 Å².